The van der Waals surface area contributed by atoms with Crippen molar-refractivity contribution in [1.29, 1.82) is 0 Å². The first-order valence-electron chi connectivity index (χ1n) is 22.5. The van der Waals surface area contributed by atoms with Gasteiger partial charge in [0.2, 0.25) is 5.91 Å². The number of fused-ring (bicyclic) bond motifs is 7. The average Bonchev–Trinajstić information content (AvgIpc) is 3.70. The molecule has 0 spiro atoms. The number of aliphatic carboxylic acids is 1. The number of carboxylic acids is 1. The number of benzene rings is 1. The molecule has 56 heavy (non-hydrogen) atoms. The molecule has 8 rings (SSSR count). The largest absolute Gasteiger partial charge is 0.481 e. The molecule has 7 heteroatoms. The van der Waals surface area contributed by atoms with Crippen molar-refractivity contribution in [3.8, 4) is 0 Å². The van der Waals surface area contributed by atoms with Gasteiger partial charge in [0.25, 0.3) is 0 Å². The maximum Gasteiger partial charge on any atom is 0.306 e. The Kier molecular flexibility index (Phi) is 10.1. The van der Waals surface area contributed by atoms with Crippen LogP contribution in [0.1, 0.15) is 157 Å². The van der Waals surface area contributed by atoms with E-state index in [0.717, 1.165) is 75.3 Å². The molecule has 11 atom stereocenters. The van der Waals surface area contributed by atoms with Crippen LogP contribution in [0.2, 0.25) is 5.02 Å². The average molecular weight is 787 g/mol. The fraction of sp³-hybridized carbons (Fsp3) is 0.755. The lowest BCUT2D eigenvalue weighted by Gasteiger charge is -2.69. The van der Waals surface area contributed by atoms with E-state index in [4.69, 9.17) is 11.6 Å². The number of allylic oxidation sites excluding steroid dienone is 2. The van der Waals surface area contributed by atoms with E-state index < -0.39 is 5.97 Å². The molecule has 1 amide bonds. The Balaban J connectivity index is 1.03. The number of amides is 1. The van der Waals surface area contributed by atoms with Crippen LogP contribution in [0.15, 0.2) is 35.4 Å². The Morgan fingerprint density at radius 2 is 1.54 bits per heavy atom. The molecule has 7 aliphatic rings. The Bertz CT molecular complexity index is 1810. The van der Waals surface area contributed by atoms with Crippen LogP contribution in [-0.4, -0.2) is 28.5 Å². The van der Waals surface area contributed by atoms with Gasteiger partial charge in [-0.1, -0.05) is 90.6 Å². The molecule has 2 N–H and O–H groups in total. The predicted molar refractivity (Wildman–Crippen MR) is 221 cm³/mol. The summed E-state index contributed by atoms with van der Waals surface area (Å²) in [7, 11) is 0. The van der Waals surface area contributed by atoms with Gasteiger partial charge in [-0.3, -0.25) is 19.2 Å². The number of carbonyl (C=O) groups is 4. The normalized spacial score (nSPS) is 40.9. The Hall–Kier alpha value is -2.47. The van der Waals surface area contributed by atoms with E-state index in [-0.39, 0.29) is 62.6 Å². The van der Waals surface area contributed by atoms with Gasteiger partial charge >= 0.3 is 5.97 Å². The van der Waals surface area contributed by atoms with Gasteiger partial charge in [0, 0.05) is 35.6 Å². The molecule has 306 valence electrons. The van der Waals surface area contributed by atoms with Gasteiger partial charge in [0.15, 0.2) is 5.78 Å². The lowest BCUT2D eigenvalue weighted by Crippen LogP contribution is -2.62. The Morgan fingerprint density at radius 1 is 0.857 bits per heavy atom. The third-order valence-corrected chi connectivity index (χ3v) is 18.9. The number of hydrogen-bond donors (Lipinski definition) is 2. The lowest BCUT2D eigenvalue weighted by molar-refractivity contribution is -0.193. The van der Waals surface area contributed by atoms with Gasteiger partial charge in [0.1, 0.15) is 5.78 Å². The van der Waals surface area contributed by atoms with Gasteiger partial charge in [-0.25, -0.2) is 0 Å². The zero-order chi connectivity index (χ0) is 40.2. The van der Waals surface area contributed by atoms with Crippen LogP contribution in [0.3, 0.4) is 0 Å². The molecule has 1 aromatic carbocycles. The van der Waals surface area contributed by atoms with Gasteiger partial charge in [-0.2, -0.15) is 0 Å². The van der Waals surface area contributed by atoms with Crippen LogP contribution in [0.25, 0.3) is 0 Å². The second kappa shape index (κ2) is 14.1. The molecule has 6 saturated carbocycles. The minimum Gasteiger partial charge on any atom is -0.481 e. The van der Waals surface area contributed by atoms with Gasteiger partial charge < -0.3 is 10.4 Å². The van der Waals surface area contributed by atoms with Crippen LogP contribution >= 0.6 is 11.6 Å². The molecule has 11 unspecified atom stereocenters. The van der Waals surface area contributed by atoms with Crippen LogP contribution in [0.5, 0.6) is 0 Å². The summed E-state index contributed by atoms with van der Waals surface area (Å²) in [5.41, 5.74) is 3.18. The van der Waals surface area contributed by atoms with Gasteiger partial charge in [-0.15, -0.1) is 0 Å². The first kappa shape index (κ1) is 40.3. The van der Waals surface area contributed by atoms with E-state index in [2.05, 4.69) is 59.0 Å². The molecule has 0 aromatic heterocycles. The van der Waals surface area contributed by atoms with Crippen LogP contribution in [0, 0.1) is 74.9 Å². The smallest absolute Gasteiger partial charge is 0.306 e. The molecular formula is C49H68ClNO5. The van der Waals surface area contributed by atoms with E-state index in [1.165, 1.54) is 18.4 Å². The molecular weight excluding hydrogens is 718 g/mol. The lowest BCUT2D eigenvalue weighted by atomic mass is 9.35. The fourth-order valence-electron chi connectivity index (χ4n) is 15.9. The van der Waals surface area contributed by atoms with E-state index >= 15 is 0 Å². The Morgan fingerprint density at radius 3 is 2.18 bits per heavy atom. The van der Waals surface area contributed by atoms with Crippen molar-refractivity contribution in [3.63, 3.8) is 0 Å². The van der Waals surface area contributed by atoms with Crippen molar-refractivity contribution >= 4 is 35.0 Å². The molecule has 0 radical (unpaired) electrons. The number of hydrogen-bond acceptors (Lipinski definition) is 4. The predicted octanol–water partition coefficient (Wildman–Crippen LogP) is 11.1. The third-order valence-electron chi connectivity index (χ3n) is 18.7. The van der Waals surface area contributed by atoms with Gasteiger partial charge in [-0.05, 0) is 152 Å². The highest BCUT2D eigenvalue weighted by atomic mass is 35.5. The second-order valence-corrected chi connectivity index (χ2v) is 22.2. The summed E-state index contributed by atoms with van der Waals surface area (Å²) in [6.45, 7) is 16.4. The minimum atomic E-state index is -0.761. The summed E-state index contributed by atoms with van der Waals surface area (Å²) in [6, 6.07) is 8.02. The van der Waals surface area contributed by atoms with Crippen LogP contribution in [0.4, 0.5) is 0 Å². The highest BCUT2D eigenvalue weighted by Gasteiger charge is 2.66. The number of Topliss-reactive ketones (excluding diaryl/α,β-unsaturated/α-hetero) is 2. The van der Waals surface area contributed by atoms with E-state index in [0.29, 0.717) is 66.1 Å². The van der Waals surface area contributed by atoms with Crippen molar-refractivity contribution in [2.45, 2.75) is 157 Å². The van der Waals surface area contributed by atoms with Crippen molar-refractivity contribution in [2.24, 2.45) is 74.9 Å². The fourth-order valence-corrected chi connectivity index (χ4v) is 16.0. The SMILES string of the molecule is CC(C)C1=C2C3CCC4C(C)(CCC5C(C)(C)C(CC(=O)C6CC(C(=O)O)C6C)CCC54C)C3CCC2(CC(=O)NC2(c3ccc(Cl)cc3)CCCC2)CC1=O. The topological polar surface area (TPSA) is 101 Å². The maximum atomic E-state index is 14.4. The summed E-state index contributed by atoms with van der Waals surface area (Å²) >= 11 is 6.28. The van der Waals surface area contributed by atoms with Crippen molar-refractivity contribution in [3.05, 3.63) is 46.0 Å². The first-order valence-corrected chi connectivity index (χ1v) is 22.8. The molecule has 0 saturated heterocycles. The molecule has 6 fully saturated rings. The molecule has 7 aliphatic carbocycles. The zero-order valence-electron chi connectivity index (χ0n) is 35.3. The van der Waals surface area contributed by atoms with E-state index in [1.54, 1.807) is 0 Å². The molecule has 1 aromatic rings. The maximum absolute atomic E-state index is 14.4. The summed E-state index contributed by atoms with van der Waals surface area (Å²) in [4.78, 5) is 53.9. The molecule has 6 nitrogen and oxygen atoms in total. The van der Waals surface area contributed by atoms with Crippen LogP contribution in [-0.2, 0) is 24.7 Å². The quantitative estimate of drug-likeness (QED) is 0.260. The molecule has 0 aliphatic heterocycles. The van der Waals surface area contributed by atoms with Gasteiger partial charge in [0.05, 0.1) is 11.5 Å². The van der Waals surface area contributed by atoms with Crippen molar-refractivity contribution in [2.75, 3.05) is 0 Å². The van der Waals surface area contributed by atoms with Crippen molar-refractivity contribution in [1.82, 2.24) is 5.32 Å². The summed E-state index contributed by atoms with van der Waals surface area (Å²) in [5, 5.41) is 13.8. The summed E-state index contributed by atoms with van der Waals surface area (Å²) in [5.74, 6) is 1.82. The third kappa shape index (κ3) is 6.13. The van der Waals surface area contributed by atoms with E-state index in [9.17, 15) is 24.3 Å². The summed E-state index contributed by atoms with van der Waals surface area (Å²) < 4.78 is 0. The second-order valence-electron chi connectivity index (χ2n) is 21.7. The minimum absolute atomic E-state index is 0.0308. The monoisotopic (exact) mass is 785 g/mol. The molecule has 0 heterocycles. The first-order chi connectivity index (χ1) is 26.4. The van der Waals surface area contributed by atoms with Crippen LogP contribution < -0.4 is 5.32 Å². The van der Waals surface area contributed by atoms with E-state index in [1.807, 2.05) is 19.1 Å². The van der Waals surface area contributed by atoms with Crippen molar-refractivity contribution < 1.29 is 24.3 Å². The number of carbonyl (C=O) groups excluding carboxylic acids is 3. The number of nitrogens with one attached hydrogen (secondary N) is 1. The highest BCUT2D eigenvalue weighted by molar-refractivity contribution is 6.30. The number of carboxylic acid groups (broad SMARTS) is 1. The number of rotatable bonds is 9. The highest BCUT2D eigenvalue weighted by Crippen LogP contribution is 2.74. The molecule has 0 bridgehead atoms. The Labute approximate surface area is 341 Å². The number of ketones is 2. The zero-order valence-corrected chi connectivity index (χ0v) is 36.0. The number of halogens is 1. The standard InChI is InChI=1S/C49H68ClNO5/c1-28(2)42-38(53)26-48(27-41(54)51-49(19-8-9-20-49)30-10-12-32(50)13-11-30)23-17-36-33(43(42)48)14-15-40-46(36,6)22-18-39-45(4,5)31(16-21-47(39,40)7)24-37(52)34-25-35(29(34)3)44(55)56/h10-13,28-29,31,33-36,39-40H,8-9,14-27H2,1-7H3,(H,51,54)(H,55,56). The summed E-state index contributed by atoms with van der Waals surface area (Å²) in [6.07, 6.45) is 14.8.